The fraction of sp³-hybridized carbons (Fsp3) is 0.567. The number of likely N-dealkylation sites (tertiary alicyclic amines) is 1. The van der Waals surface area contributed by atoms with Gasteiger partial charge >= 0.3 is 0 Å². The minimum Gasteiger partial charge on any atom is -0.371 e. The van der Waals surface area contributed by atoms with E-state index in [1.807, 2.05) is 42.5 Å². The normalized spacial score (nSPS) is 26.3. The largest absolute Gasteiger partial charge is 0.371 e. The van der Waals surface area contributed by atoms with Crippen molar-refractivity contribution in [3.63, 3.8) is 0 Å². The van der Waals surface area contributed by atoms with E-state index >= 15 is 0 Å². The molecule has 0 bridgehead atoms. The Balaban J connectivity index is 1.24. The molecule has 210 valence electrons. The van der Waals surface area contributed by atoms with Gasteiger partial charge in [0, 0.05) is 43.4 Å². The van der Waals surface area contributed by atoms with Crippen LogP contribution in [0.15, 0.2) is 59.5 Å². The summed E-state index contributed by atoms with van der Waals surface area (Å²) in [7, 11) is -6.19. The third kappa shape index (κ3) is 5.61. The van der Waals surface area contributed by atoms with Crippen molar-refractivity contribution in [1.82, 2.24) is 4.90 Å². The van der Waals surface area contributed by atoms with Gasteiger partial charge in [0.2, 0.25) is 0 Å². The summed E-state index contributed by atoms with van der Waals surface area (Å²) in [5.41, 5.74) is 1.31. The number of nitrogens with zero attached hydrogens (tertiary/aromatic N) is 3. The number of sulfone groups is 1. The Morgan fingerprint density at radius 3 is 2.15 bits per heavy atom. The van der Waals surface area contributed by atoms with Gasteiger partial charge in [0.05, 0.1) is 22.6 Å². The van der Waals surface area contributed by atoms with Crippen LogP contribution in [0.3, 0.4) is 0 Å². The van der Waals surface area contributed by atoms with Crippen molar-refractivity contribution >= 4 is 25.4 Å². The molecule has 2 aromatic rings. The molecule has 2 heterocycles. The quantitative estimate of drug-likeness (QED) is 0.444. The van der Waals surface area contributed by atoms with Gasteiger partial charge in [-0.3, -0.25) is 0 Å². The van der Waals surface area contributed by atoms with Crippen LogP contribution in [0.25, 0.3) is 0 Å². The second-order valence-electron chi connectivity index (χ2n) is 11.9. The molecule has 4 atom stereocenters. The van der Waals surface area contributed by atoms with Crippen LogP contribution >= 0.6 is 0 Å². The molecule has 0 amide bonds. The topological polar surface area (TPSA) is 103 Å². The van der Waals surface area contributed by atoms with Crippen molar-refractivity contribution in [2.24, 2.45) is 17.8 Å². The average Bonchev–Trinajstić information content (AvgIpc) is 3.39. The van der Waals surface area contributed by atoms with E-state index in [-0.39, 0.29) is 17.1 Å². The predicted octanol–water partition coefficient (Wildman–Crippen LogP) is 4.07. The van der Waals surface area contributed by atoms with Crippen molar-refractivity contribution in [2.75, 3.05) is 50.1 Å². The summed E-state index contributed by atoms with van der Waals surface area (Å²) in [5, 5.41) is 10.5. The summed E-state index contributed by atoms with van der Waals surface area (Å²) in [5.74, 6) is 0.599. The van der Waals surface area contributed by atoms with E-state index < -0.39 is 25.1 Å². The first-order valence-electron chi connectivity index (χ1n) is 14.0. The molecule has 1 N–H and O–H groups in total. The zero-order chi connectivity index (χ0) is 27.8. The summed E-state index contributed by atoms with van der Waals surface area (Å²) in [6.07, 6.45) is 6.92. The first-order chi connectivity index (χ1) is 18.5. The Morgan fingerprint density at radius 1 is 0.949 bits per heavy atom. The summed E-state index contributed by atoms with van der Waals surface area (Å²) in [4.78, 5) is 5.15. The van der Waals surface area contributed by atoms with Crippen molar-refractivity contribution in [1.29, 1.82) is 5.26 Å². The standard InChI is InChI=1S/C30H39N3O4S2/c1-38(34,35)27-13-11-26(12-14-27)33-20-23(21-33)19-32-17-15-25(16-18-32)30(22-31,24-7-4-3-5-8-24)28-9-6-10-29(28)39(2,36)37/h3-5,7-8,11-14,23,25,28-29H,6,9-10,15-21H2,1-2H3/p+1/t28-,29+,30?/m0/s1. The summed E-state index contributed by atoms with van der Waals surface area (Å²) in [6, 6.07) is 19.9. The van der Waals surface area contributed by atoms with Gasteiger partial charge in [-0.2, -0.15) is 9.47 Å². The maximum Gasteiger partial charge on any atom is 0.273 e. The van der Waals surface area contributed by atoms with Crippen LogP contribution in [-0.4, -0.2) is 72.2 Å². The van der Waals surface area contributed by atoms with E-state index in [1.54, 1.807) is 12.1 Å². The Bertz CT molecular complexity index is 1410. The lowest BCUT2D eigenvalue weighted by molar-refractivity contribution is 0.103. The van der Waals surface area contributed by atoms with Crippen LogP contribution in [0.2, 0.25) is 0 Å². The Labute approximate surface area is 233 Å². The monoisotopic (exact) mass is 570 g/mol. The highest BCUT2D eigenvalue weighted by Gasteiger charge is 2.55. The molecular formula is C30H40N3O4S2+. The van der Waals surface area contributed by atoms with E-state index in [1.165, 1.54) is 12.5 Å². The summed E-state index contributed by atoms with van der Waals surface area (Å²) < 4.78 is 46.9. The van der Waals surface area contributed by atoms with Crippen molar-refractivity contribution in [3.8, 4) is 6.07 Å². The van der Waals surface area contributed by atoms with Gasteiger partial charge in [0.25, 0.3) is 9.84 Å². The van der Waals surface area contributed by atoms with Crippen LogP contribution in [0, 0.1) is 29.1 Å². The van der Waals surface area contributed by atoms with E-state index in [2.05, 4.69) is 15.9 Å². The van der Waals surface area contributed by atoms with E-state index in [0.717, 1.165) is 69.7 Å². The van der Waals surface area contributed by atoms with Crippen molar-refractivity contribution < 1.29 is 16.8 Å². The highest BCUT2D eigenvalue weighted by molar-refractivity contribution is 7.91. The second kappa shape index (κ2) is 10.9. The lowest BCUT2D eigenvalue weighted by atomic mass is 9.60. The van der Waals surface area contributed by atoms with Gasteiger partial charge in [-0.1, -0.05) is 36.8 Å². The molecule has 2 unspecified atom stereocenters. The smallest absolute Gasteiger partial charge is 0.273 e. The van der Waals surface area contributed by atoms with Crippen molar-refractivity contribution in [2.45, 2.75) is 47.7 Å². The third-order valence-corrected chi connectivity index (χ3v) is 12.2. The maximum atomic E-state index is 12.9. The molecule has 39 heavy (non-hydrogen) atoms. The molecule has 9 heteroatoms. The number of hydrogen-bond acceptors (Lipinski definition) is 6. The molecule has 0 spiro atoms. The van der Waals surface area contributed by atoms with Gasteiger partial charge in [0.1, 0.15) is 5.25 Å². The van der Waals surface area contributed by atoms with E-state index in [4.69, 9.17) is 0 Å². The summed E-state index contributed by atoms with van der Waals surface area (Å²) >= 11 is 0. The molecule has 2 aromatic carbocycles. The minimum absolute atomic E-state index is 0.113. The highest BCUT2D eigenvalue weighted by atomic mass is 32.2. The van der Waals surface area contributed by atoms with E-state index in [9.17, 15) is 22.1 Å². The number of rotatable bonds is 8. The van der Waals surface area contributed by atoms with Crippen LogP contribution in [0.5, 0.6) is 0 Å². The van der Waals surface area contributed by atoms with Crippen molar-refractivity contribution in [3.05, 3.63) is 60.2 Å². The first kappa shape index (κ1) is 28.1. The fourth-order valence-corrected chi connectivity index (χ4v) is 9.61. The molecule has 3 aliphatic rings. The number of benzene rings is 2. The lowest BCUT2D eigenvalue weighted by Crippen LogP contribution is -2.54. The van der Waals surface area contributed by atoms with Gasteiger partial charge in [-0.15, -0.1) is 0 Å². The fourth-order valence-electron chi connectivity index (χ4n) is 7.41. The molecule has 3 fully saturated rings. The van der Waals surface area contributed by atoms with Gasteiger partial charge in [-0.05, 0) is 74.5 Å². The van der Waals surface area contributed by atoms with Gasteiger partial charge < -0.3 is 9.80 Å². The predicted molar refractivity (Wildman–Crippen MR) is 155 cm³/mol. The average molecular weight is 571 g/mol. The number of piperidine rings is 1. The molecule has 1 saturated carbocycles. The first-order valence-corrected chi connectivity index (χ1v) is 17.8. The molecule has 0 radical (unpaired) electrons. The molecular weight excluding hydrogens is 530 g/mol. The number of nitriles is 1. The van der Waals surface area contributed by atoms with E-state index in [0.29, 0.717) is 17.2 Å². The molecule has 2 saturated heterocycles. The molecule has 5 rings (SSSR count). The van der Waals surface area contributed by atoms with Crippen LogP contribution in [0.1, 0.15) is 37.7 Å². The molecule has 2 aliphatic heterocycles. The molecule has 0 aromatic heterocycles. The zero-order valence-electron chi connectivity index (χ0n) is 22.9. The Hall–Kier alpha value is -2.41. The van der Waals surface area contributed by atoms with Crippen LogP contribution < -0.4 is 4.90 Å². The Kier molecular flexibility index (Phi) is 7.84. The number of anilines is 1. The lowest BCUT2D eigenvalue weighted by Gasteiger charge is -2.47. The number of hydrogen-bond donors (Lipinski definition) is 0. The van der Waals surface area contributed by atoms with Gasteiger partial charge in [-0.25, -0.2) is 12.6 Å². The van der Waals surface area contributed by atoms with Crippen LogP contribution in [-0.2, 0) is 25.1 Å². The third-order valence-electron chi connectivity index (χ3n) is 9.37. The highest BCUT2D eigenvalue weighted by Crippen LogP contribution is 2.51. The SMILES string of the molecule is CS(=O)(=O)c1ccc(N2CC(CN3CCC(C(C#N)(c4ccccc4)[C@H]4CCC[C@H]4S(C)(=O)=[OH+])CC3)C2)cc1. The molecule has 7 nitrogen and oxygen atoms in total. The van der Waals surface area contributed by atoms with Crippen LogP contribution in [0.4, 0.5) is 5.69 Å². The zero-order valence-corrected chi connectivity index (χ0v) is 24.5. The minimum atomic E-state index is -3.19. The maximum absolute atomic E-state index is 12.9. The Morgan fingerprint density at radius 2 is 1.59 bits per heavy atom. The summed E-state index contributed by atoms with van der Waals surface area (Å²) in [6.45, 7) is 4.78. The van der Waals surface area contributed by atoms with Gasteiger partial charge in [0.15, 0.2) is 9.84 Å². The second-order valence-corrected chi connectivity index (χ2v) is 16.2. The molecule has 1 aliphatic carbocycles.